The lowest BCUT2D eigenvalue weighted by Crippen LogP contribution is -2.15. The van der Waals surface area contributed by atoms with Crippen LogP contribution in [0.4, 0.5) is 11.4 Å². The highest BCUT2D eigenvalue weighted by Gasteiger charge is 2.12. The molecule has 138 valence electrons. The predicted molar refractivity (Wildman–Crippen MR) is 101 cm³/mol. The normalized spacial score (nSPS) is 10.6. The molecule has 2 aromatic carbocycles. The van der Waals surface area contributed by atoms with E-state index in [4.69, 9.17) is 9.84 Å². The molecule has 0 aromatic heterocycles. The van der Waals surface area contributed by atoms with Crippen LogP contribution >= 0.6 is 0 Å². The minimum absolute atomic E-state index is 0.0692. The Morgan fingerprint density at radius 3 is 2.52 bits per heavy atom. The van der Waals surface area contributed by atoms with Crippen molar-refractivity contribution in [3.05, 3.63) is 65.4 Å². The molecule has 0 fully saturated rings. The number of methoxy groups -OCH3 is 1. The lowest BCUT2D eigenvalue weighted by molar-refractivity contribution is -0.136. The number of nitriles is 1. The molecule has 0 aliphatic carbocycles. The first-order valence-corrected chi connectivity index (χ1v) is 8.06. The molecule has 0 aliphatic heterocycles. The topological polar surface area (TPSA) is 111 Å². The van der Waals surface area contributed by atoms with E-state index in [1.165, 1.54) is 13.3 Å². The number of benzene rings is 2. The van der Waals surface area contributed by atoms with Crippen molar-refractivity contribution in [1.29, 1.82) is 5.26 Å². The Balaban J connectivity index is 2.09. The maximum atomic E-state index is 12.4. The second kappa shape index (κ2) is 9.06. The number of hydrogen-bond donors (Lipinski definition) is 3. The van der Waals surface area contributed by atoms with E-state index in [9.17, 15) is 14.9 Å². The van der Waals surface area contributed by atoms with E-state index in [2.05, 4.69) is 10.6 Å². The van der Waals surface area contributed by atoms with Gasteiger partial charge in [0.25, 0.3) is 5.91 Å². The third-order valence-electron chi connectivity index (χ3n) is 3.66. The summed E-state index contributed by atoms with van der Waals surface area (Å²) in [6.07, 6.45) is 1.23. The quantitative estimate of drug-likeness (QED) is 0.513. The minimum Gasteiger partial charge on any atom is -0.495 e. The van der Waals surface area contributed by atoms with Crippen LogP contribution in [-0.4, -0.2) is 24.1 Å². The largest absolute Gasteiger partial charge is 0.495 e. The molecule has 0 unspecified atom stereocenters. The van der Waals surface area contributed by atoms with Crippen LogP contribution in [0.25, 0.3) is 0 Å². The molecule has 3 N–H and O–H groups in total. The van der Waals surface area contributed by atoms with E-state index < -0.39 is 11.9 Å². The second-order valence-electron chi connectivity index (χ2n) is 5.74. The van der Waals surface area contributed by atoms with Gasteiger partial charge >= 0.3 is 5.97 Å². The summed E-state index contributed by atoms with van der Waals surface area (Å²) < 4.78 is 5.21. The zero-order valence-corrected chi connectivity index (χ0v) is 14.9. The van der Waals surface area contributed by atoms with Crippen molar-refractivity contribution in [2.45, 2.75) is 13.3 Å². The van der Waals surface area contributed by atoms with Gasteiger partial charge in [0, 0.05) is 11.9 Å². The number of ether oxygens (including phenoxy) is 1. The number of anilines is 2. The van der Waals surface area contributed by atoms with Gasteiger partial charge in [-0.05, 0) is 42.3 Å². The summed E-state index contributed by atoms with van der Waals surface area (Å²) in [6, 6.07) is 13.9. The highest BCUT2D eigenvalue weighted by Crippen LogP contribution is 2.25. The fraction of sp³-hybridized carbons (Fsp3) is 0.150. The van der Waals surface area contributed by atoms with E-state index >= 15 is 0 Å². The van der Waals surface area contributed by atoms with Crippen molar-refractivity contribution in [3.8, 4) is 11.8 Å². The molecule has 0 spiro atoms. The molecule has 0 atom stereocenters. The minimum atomic E-state index is -0.911. The Morgan fingerprint density at radius 2 is 1.93 bits per heavy atom. The Hall–Kier alpha value is -3.79. The number of nitrogens with zero attached hydrogens (tertiary/aromatic N) is 1. The van der Waals surface area contributed by atoms with Gasteiger partial charge in [-0.15, -0.1) is 0 Å². The van der Waals surface area contributed by atoms with E-state index in [1.807, 2.05) is 19.1 Å². The van der Waals surface area contributed by atoms with Gasteiger partial charge in [0.05, 0.1) is 19.2 Å². The standard InChI is InChI=1S/C20H19N3O4/c1-13-3-8-18(27-2)17(9-13)23-20(26)15(11-21)12-22-16-6-4-14(5-7-16)10-19(24)25/h3-9,12,22H,10H2,1-2H3,(H,23,26)(H,24,25)/b15-12-. The van der Waals surface area contributed by atoms with Crippen LogP contribution < -0.4 is 15.4 Å². The van der Waals surface area contributed by atoms with Crippen molar-refractivity contribution in [1.82, 2.24) is 0 Å². The molecule has 2 aromatic rings. The number of nitrogens with one attached hydrogen (secondary N) is 2. The first kappa shape index (κ1) is 19.5. The predicted octanol–water partition coefficient (Wildman–Crippen LogP) is 3.09. The Kier molecular flexibility index (Phi) is 6.55. The summed E-state index contributed by atoms with van der Waals surface area (Å²) >= 11 is 0. The molecule has 0 saturated carbocycles. The maximum Gasteiger partial charge on any atom is 0.307 e. The lowest BCUT2D eigenvalue weighted by Gasteiger charge is -2.10. The van der Waals surface area contributed by atoms with Gasteiger partial charge in [0.1, 0.15) is 17.4 Å². The molecule has 0 radical (unpaired) electrons. The van der Waals surface area contributed by atoms with Gasteiger partial charge in [0.2, 0.25) is 0 Å². The highest BCUT2D eigenvalue weighted by atomic mass is 16.5. The van der Waals surface area contributed by atoms with Gasteiger partial charge in [-0.2, -0.15) is 5.26 Å². The summed E-state index contributed by atoms with van der Waals surface area (Å²) in [6.45, 7) is 1.88. The molecule has 1 amide bonds. The summed E-state index contributed by atoms with van der Waals surface area (Å²) in [5, 5.41) is 23.5. The fourth-order valence-corrected chi connectivity index (χ4v) is 2.31. The zero-order chi connectivity index (χ0) is 19.8. The van der Waals surface area contributed by atoms with Crippen molar-refractivity contribution in [3.63, 3.8) is 0 Å². The Bertz CT molecular complexity index is 912. The summed E-state index contributed by atoms with van der Waals surface area (Å²) in [4.78, 5) is 23.0. The number of carboxylic acid groups (broad SMARTS) is 1. The molecule has 0 heterocycles. The molecule has 0 aliphatic rings. The van der Waals surface area contributed by atoms with Crippen molar-refractivity contribution in [2.24, 2.45) is 0 Å². The molecule has 0 bridgehead atoms. The Morgan fingerprint density at radius 1 is 1.22 bits per heavy atom. The lowest BCUT2D eigenvalue weighted by atomic mass is 10.1. The summed E-state index contributed by atoms with van der Waals surface area (Å²) in [5.74, 6) is -0.991. The molecular weight excluding hydrogens is 346 g/mol. The van der Waals surface area contributed by atoms with Crippen LogP contribution in [0.1, 0.15) is 11.1 Å². The second-order valence-corrected chi connectivity index (χ2v) is 5.74. The van der Waals surface area contributed by atoms with Gasteiger partial charge in [-0.3, -0.25) is 9.59 Å². The third kappa shape index (κ3) is 5.61. The molecule has 7 heteroatoms. The van der Waals surface area contributed by atoms with Gasteiger partial charge in [0.15, 0.2) is 0 Å². The molecule has 27 heavy (non-hydrogen) atoms. The van der Waals surface area contributed by atoms with Crippen LogP contribution in [-0.2, 0) is 16.0 Å². The fourth-order valence-electron chi connectivity index (χ4n) is 2.31. The van der Waals surface area contributed by atoms with Crippen LogP contribution in [0, 0.1) is 18.3 Å². The maximum absolute atomic E-state index is 12.4. The number of aryl methyl sites for hydroxylation is 1. The molecule has 7 nitrogen and oxygen atoms in total. The first-order chi connectivity index (χ1) is 12.9. The van der Waals surface area contributed by atoms with Crippen LogP contribution in [0.15, 0.2) is 54.2 Å². The van der Waals surface area contributed by atoms with Crippen molar-refractivity contribution >= 4 is 23.3 Å². The van der Waals surface area contributed by atoms with E-state index in [1.54, 1.807) is 36.4 Å². The average molecular weight is 365 g/mol. The van der Waals surface area contributed by atoms with Gasteiger partial charge in [-0.1, -0.05) is 18.2 Å². The zero-order valence-electron chi connectivity index (χ0n) is 14.9. The van der Waals surface area contributed by atoms with Gasteiger partial charge in [-0.25, -0.2) is 0 Å². The number of amides is 1. The summed E-state index contributed by atoms with van der Waals surface area (Å²) in [5.41, 5.74) is 2.57. The highest BCUT2D eigenvalue weighted by molar-refractivity contribution is 6.07. The smallest absolute Gasteiger partial charge is 0.307 e. The van der Waals surface area contributed by atoms with Crippen molar-refractivity contribution < 1.29 is 19.4 Å². The molecule has 2 rings (SSSR count). The van der Waals surface area contributed by atoms with E-state index in [0.29, 0.717) is 22.7 Å². The molecular formula is C20H19N3O4. The van der Waals surface area contributed by atoms with Gasteiger partial charge < -0.3 is 20.5 Å². The molecule has 0 saturated heterocycles. The number of hydrogen-bond acceptors (Lipinski definition) is 5. The number of aliphatic carboxylic acids is 1. The number of rotatable bonds is 7. The van der Waals surface area contributed by atoms with Crippen LogP contribution in [0.3, 0.4) is 0 Å². The first-order valence-electron chi connectivity index (χ1n) is 8.06. The van der Waals surface area contributed by atoms with E-state index in [-0.39, 0.29) is 12.0 Å². The number of carbonyl (C=O) groups is 2. The van der Waals surface area contributed by atoms with E-state index in [0.717, 1.165) is 5.56 Å². The SMILES string of the molecule is COc1ccc(C)cc1NC(=O)/C(C#N)=C\Nc1ccc(CC(=O)O)cc1. The number of carboxylic acids is 1. The third-order valence-corrected chi connectivity index (χ3v) is 3.66. The number of carbonyl (C=O) groups excluding carboxylic acids is 1. The van der Waals surface area contributed by atoms with Crippen molar-refractivity contribution in [2.75, 3.05) is 17.7 Å². The van der Waals surface area contributed by atoms with Crippen LogP contribution in [0.2, 0.25) is 0 Å². The average Bonchev–Trinajstić information content (AvgIpc) is 2.63. The monoisotopic (exact) mass is 365 g/mol. The van der Waals surface area contributed by atoms with Crippen LogP contribution in [0.5, 0.6) is 5.75 Å². The summed E-state index contributed by atoms with van der Waals surface area (Å²) in [7, 11) is 1.50. The Labute approximate surface area is 156 Å².